The summed E-state index contributed by atoms with van der Waals surface area (Å²) in [7, 11) is 0. The van der Waals surface area contributed by atoms with E-state index in [1.807, 2.05) is 0 Å². The maximum absolute atomic E-state index is 10.5. The molecule has 30 heteroatoms. The number of carbonyl (C=O) groups is 4. The van der Waals surface area contributed by atoms with E-state index in [0.29, 0.717) is 0 Å². The minimum atomic E-state index is -1.86. The maximum Gasteiger partial charge on any atom is 0.189 e. The molecular formula is C30H62O30. The van der Waals surface area contributed by atoms with Crippen LogP contribution in [0.3, 0.4) is 0 Å². The number of aliphatic hydroxyl groups excluding tert-OH is 26. The zero-order chi connectivity index (χ0) is 48.6. The summed E-state index contributed by atoms with van der Waals surface area (Å²) in [5, 5.41) is 225. The van der Waals surface area contributed by atoms with Crippen LogP contribution in [0.15, 0.2) is 0 Å². The molecule has 0 rings (SSSR count). The maximum atomic E-state index is 10.5. The van der Waals surface area contributed by atoms with Crippen molar-refractivity contribution in [3.63, 3.8) is 0 Å². The van der Waals surface area contributed by atoms with Gasteiger partial charge in [-0.15, -0.1) is 0 Å². The number of Topliss-reactive ketones (excluding diaryl/α,β-unsaturated/α-hetero) is 2. The number of rotatable bonds is 25. The third kappa shape index (κ3) is 27.6. The predicted molar refractivity (Wildman–Crippen MR) is 187 cm³/mol. The summed E-state index contributed by atoms with van der Waals surface area (Å²) < 4.78 is 0. The molecule has 0 bridgehead atoms. The Morgan fingerprint density at radius 2 is 0.467 bits per heavy atom. The van der Waals surface area contributed by atoms with E-state index in [0.717, 1.165) is 0 Å². The molecular weight excluding hydrogens is 840 g/mol. The highest BCUT2D eigenvalue weighted by Gasteiger charge is 2.32. The molecule has 0 spiro atoms. The fourth-order valence-electron chi connectivity index (χ4n) is 3.11. The van der Waals surface area contributed by atoms with Crippen LogP contribution in [0.5, 0.6) is 0 Å². The Hall–Kier alpha value is -2.36. The van der Waals surface area contributed by atoms with Crippen LogP contribution in [-0.2, 0) is 19.2 Å². The Morgan fingerprint density at radius 3 is 0.617 bits per heavy atom. The van der Waals surface area contributed by atoms with Crippen LogP contribution in [-0.4, -0.2) is 320 Å². The summed E-state index contributed by atoms with van der Waals surface area (Å²) in [5.41, 5.74) is 0. The van der Waals surface area contributed by atoms with Gasteiger partial charge in [-0.3, -0.25) is 9.59 Å². The van der Waals surface area contributed by atoms with E-state index < -0.39 is 174 Å². The summed E-state index contributed by atoms with van der Waals surface area (Å²) in [4.78, 5) is 40.8. The first-order chi connectivity index (χ1) is 27.7. The number of hydrogen-bond donors (Lipinski definition) is 26. The molecule has 0 amide bonds. The molecule has 0 unspecified atom stereocenters. The van der Waals surface area contributed by atoms with Crippen LogP contribution >= 0.6 is 0 Å². The molecule has 0 heterocycles. The molecule has 30 nitrogen and oxygen atoms in total. The fourth-order valence-corrected chi connectivity index (χ4v) is 3.11. The Bertz CT molecular complexity index is 980. The second-order valence-corrected chi connectivity index (χ2v) is 11.8. The lowest BCUT2D eigenvalue weighted by atomic mass is 10.0. The molecule has 60 heavy (non-hydrogen) atoms. The van der Waals surface area contributed by atoms with Crippen molar-refractivity contribution in [3.8, 4) is 0 Å². The Balaban J connectivity index is -0.000000210. The zero-order valence-corrected chi connectivity index (χ0v) is 31.5. The van der Waals surface area contributed by atoms with Crippen molar-refractivity contribution in [2.45, 2.75) is 110 Å². The average molecular weight is 903 g/mol. The Kier molecular flexibility index (Phi) is 42.6. The van der Waals surface area contributed by atoms with E-state index in [2.05, 4.69) is 0 Å². The van der Waals surface area contributed by atoms with Gasteiger partial charge in [0, 0.05) is 0 Å². The molecule has 0 aliphatic carbocycles. The number of ketones is 2. The highest BCUT2D eigenvalue weighted by molar-refractivity contribution is 5.84. The molecule has 0 aromatic heterocycles. The lowest BCUT2D eigenvalue weighted by Crippen LogP contribution is -2.46. The lowest BCUT2D eigenvalue weighted by Gasteiger charge is -2.24. The Labute approximate surface area is 339 Å². The number of aliphatic hydroxyl groups is 26. The third-order valence-electron chi connectivity index (χ3n) is 7.13. The van der Waals surface area contributed by atoms with Gasteiger partial charge in [-0.2, -0.15) is 0 Å². The van der Waals surface area contributed by atoms with Crippen LogP contribution in [0.1, 0.15) is 0 Å². The van der Waals surface area contributed by atoms with Gasteiger partial charge in [-0.25, -0.2) is 0 Å². The van der Waals surface area contributed by atoms with Gasteiger partial charge < -0.3 is 142 Å². The minimum Gasteiger partial charge on any atom is -0.394 e. The normalized spacial score (nSPS) is 20.1. The first kappa shape index (κ1) is 66.7. The van der Waals surface area contributed by atoms with E-state index >= 15 is 0 Å². The molecule has 362 valence electrons. The van der Waals surface area contributed by atoms with E-state index in [4.69, 9.17) is 133 Å². The summed E-state index contributed by atoms with van der Waals surface area (Å²) in [5.74, 6) is -2.01. The van der Waals surface area contributed by atoms with Crippen molar-refractivity contribution in [2.24, 2.45) is 0 Å². The second-order valence-electron chi connectivity index (χ2n) is 11.8. The summed E-state index contributed by atoms with van der Waals surface area (Å²) in [6.07, 6.45) is -30.5. The van der Waals surface area contributed by atoms with E-state index in [-0.39, 0.29) is 12.6 Å². The fraction of sp³-hybridized carbons (Fsp3) is 0.867. The van der Waals surface area contributed by atoms with Crippen LogP contribution in [0.25, 0.3) is 0 Å². The van der Waals surface area contributed by atoms with Gasteiger partial charge in [-0.1, -0.05) is 0 Å². The third-order valence-corrected chi connectivity index (χ3v) is 7.13. The van der Waals surface area contributed by atoms with Crippen LogP contribution in [0.4, 0.5) is 0 Å². The lowest BCUT2D eigenvalue weighted by molar-refractivity contribution is -0.143. The van der Waals surface area contributed by atoms with Crippen LogP contribution < -0.4 is 0 Å². The number of hydrogen-bond acceptors (Lipinski definition) is 30. The largest absolute Gasteiger partial charge is 0.394 e. The monoisotopic (exact) mass is 902 g/mol. The smallest absolute Gasteiger partial charge is 0.189 e. The van der Waals surface area contributed by atoms with Crippen molar-refractivity contribution in [1.82, 2.24) is 0 Å². The summed E-state index contributed by atoms with van der Waals surface area (Å²) in [6, 6.07) is 0. The minimum absolute atomic E-state index is 0.0258. The van der Waals surface area contributed by atoms with E-state index in [1.54, 1.807) is 0 Å². The average Bonchev–Trinajstić information content (AvgIpc) is 3.28. The van der Waals surface area contributed by atoms with Gasteiger partial charge in [0.2, 0.25) is 0 Å². The van der Waals surface area contributed by atoms with Crippen molar-refractivity contribution in [3.05, 3.63) is 0 Å². The molecule has 26 N–H and O–H groups in total. The van der Waals surface area contributed by atoms with Gasteiger partial charge in [-0.05, 0) is 0 Å². The van der Waals surface area contributed by atoms with Gasteiger partial charge >= 0.3 is 0 Å². The standard InChI is InChI=1S/C6H14O6.4C6H12O6/c5*7-1-3(9)5(11)6(12)4(10)2-8/h3-12H,1-2H2;2*3,5-9,11-12H,1-2H2;2*1,3-6,8-12H,2H2/t3-,4-,5-,6-;3-,5+,6+;3-,5-,6-;3-,4+,5+,6-;3-,4-,5-,6-/m00010/s1. The van der Waals surface area contributed by atoms with Crippen molar-refractivity contribution in [2.75, 3.05) is 52.9 Å². The van der Waals surface area contributed by atoms with E-state index in [1.165, 1.54) is 0 Å². The first-order valence-electron chi connectivity index (χ1n) is 16.8. The van der Waals surface area contributed by atoms with Crippen molar-refractivity contribution >= 4 is 24.1 Å². The molecule has 0 saturated carbocycles. The van der Waals surface area contributed by atoms with Crippen LogP contribution in [0, 0.1) is 0 Å². The van der Waals surface area contributed by atoms with Crippen LogP contribution in [0.2, 0.25) is 0 Å². The quantitative estimate of drug-likeness (QED) is 0.0378. The molecule has 0 aromatic rings. The van der Waals surface area contributed by atoms with Gasteiger partial charge in [0.25, 0.3) is 0 Å². The highest BCUT2D eigenvalue weighted by atomic mass is 16.4. The first-order valence-corrected chi connectivity index (χ1v) is 16.8. The molecule has 0 saturated heterocycles. The molecule has 0 aliphatic rings. The molecule has 0 aliphatic heterocycles. The highest BCUT2D eigenvalue weighted by Crippen LogP contribution is 2.06. The Morgan fingerprint density at radius 1 is 0.300 bits per heavy atom. The topological polar surface area (TPSA) is 594 Å². The SMILES string of the molecule is O=C(CO)[C@@H](O)[C@H](O)[C@@H](O)CO.O=C(CO)[C@H](O)[C@@H](O)[C@@H](O)CO.O=C[C@@H](O)[C@H](O)[C@H](O)[C@@H](O)CO.O=C[C@H](O)[C@H](O)[C@@H](O)[C@@H](O)CO.OC[C@H](O)[C@H](O)[C@@H](O)[C@@H](O)CO. The predicted octanol–water partition coefficient (Wildman–Crippen LogP) is -17.1. The van der Waals surface area contributed by atoms with Crippen molar-refractivity contribution in [1.29, 1.82) is 0 Å². The number of aldehydes is 2. The summed E-state index contributed by atoms with van der Waals surface area (Å²) in [6.45, 7) is -6.35. The number of carbonyl (C=O) groups excluding carboxylic acids is 4. The van der Waals surface area contributed by atoms with E-state index in [9.17, 15) is 19.2 Å². The summed E-state index contributed by atoms with van der Waals surface area (Å²) >= 11 is 0. The van der Waals surface area contributed by atoms with Gasteiger partial charge in [0.05, 0.1) is 39.6 Å². The molecule has 18 atom stereocenters. The molecule has 0 aromatic carbocycles. The van der Waals surface area contributed by atoms with Gasteiger partial charge in [0.15, 0.2) is 24.1 Å². The van der Waals surface area contributed by atoms with Crippen molar-refractivity contribution < 1.29 is 152 Å². The molecule has 0 fully saturated rings. The zero-order valence-electron chi connectivity index (χ0n) is 31.5. The molecule has 0 radical (unpaired) electrons. The van der Waals surface area contributed by atoms with Gasteiger partial charge in [0.1, 0.15) is 123 Å². The second kappa shape index (κ2) is 38.3.